The summed E-state index contributed by atoms with van der Waals surface area (Å²) in [6.45, 7) is 8.17. The van der Waals surface area contributed by atoms with Gasteiger partial charge in [-0.05, 0) is 24.8 Å². The van der Waals surface area contributed by atoms with Crippen molar-refractivity contribution in [2.45, 2.75) is 50.7 Å². The molecule has 1 saturated carbocycles. The molecular formula is C15H23NSSi. The number of hydrogen-bond acceptors (Lipinski definition) is 2. The highest BCUT2D eigenvalue weighted by Crippen LogP contribution is 2.34. The van der Waals surface area contributed by atoms with E-state index in [-0.39, 0.29) is 0 Å². The molecule has 1 fully saturated rings. The van der Waals surface area contributed by atoms with E-state index in [0.29, 0.717) is 5.25 Å². The average Bonchev–Trinajstić information content (AvgIpc) is 2.73. The molecule has 0 bridgehead atoms. The van der Waals surface area contributed by atoms with E-state index in [9.17, 15) is 0 Å². The lowest BCUT2D eigenvalue weighted by Crippen LogP contribution is -2.23. The van der Waals surface area contributed by atoms with Gasteiger partial charge in [-0.1, -0.05) is 50.0 Å². The summed E-state index contributed by atoms with van der Waals surface area (Å²) in [4.78, 5) is 4.88. The maximum Gasteiger partial charge on any atom is 0.109 e. The predicted octanol–water partition coefficient (Wildman–Crippen LogP) is 4.75. The van der Waals surface area contributed by atoms with Gasteiger partial charge in [0.1, 0.15) is 7.22 Å². The van der Waals surface area contributed by atoms with Crippen LogP contribution in [0.5, 0.6) is 0 Å². The summed E-state index contributed by atoms with van der Waals surface area (Å²) in [5.74, 6) is 0. The maximum absolute atomic E-state index is 4.88. The highest BCUT2D eigenvalue weighted by Gasteiger charge is 2.28. The molecule has 0 N–H and O–H groups in total. The number of hydrogen-bond donors (Lipinski definition) is 0. The normalized spacial score (nSPS) is 22.6. The molecule has 1 aromatic carbocycles. The van der Waals surface area contributed by atoms with Crippen molar-refractivity contribution in [2.75, 3.05) is 0 Å². The second-order valence-corrected chi connectivity index (χ2v) is 15.3. The summed E-state index contributed by atoms with van der Waals surface area (Å²) in [5.41, 5.74) is 2.79. The van der Waals surface area contributed by atoms with Gasteiger partial charge in [0.25, 0.3) is 0 Å². The van der Waals surface area contributed by atoms with Crippen LogP contribution in [-0.4, -0.2) is 18.2 Å². The van der Waals surface area contributed by atoms with E-state index < -0.39 is 7.22 Å². The Hall–Kier alpha value is -0.543. The van der Waals surface area contributed by atoms with Crippen LogP contribution in [0.4, 0.5) is 0 Å². The zero-order valence-corrected chi connectivity index (χ0v) is 13.5. The molecule has 1 atom stereocenters. The molecule has 1 aliphatic carbocycles. The summed E-state index contributed by atoms with van der Waals surface area (Å²) in [6.07, 6.45) is 3.88. The molecule has 0 amide bonds. The molecule has 0 aliphatic heterocycles. The van der Waals surface area contributed by atoms with Gasteiger partial charge < -0.3 is 0 Å². The number of benzene rings is 1. The van der Waals surface area contributed by atoms with Crippen molar-refractivity contribution in [1.29, 1.82) is 0 Å². The summed E-state index contributed by atoms with van der Waals surface area (Å²) in [7, 11) is -1.04. The van der Waals surface area contributed by atoms with E-state index >= 15 is 0 Å². The van der Waals surface area contributed by atoms with Gasteiger partial charge in [-0.3, -0.25) is 4.99 Å². The molecule has 1 nitrogen and oxygen atoms in total. The lowest BCUT2D eigenvalue weighted by Gasteiger charge is -2.21. The van der Waals surface area contributed by atoms with Crippen molar-refractivity contribution >= 4 is 24.1 Å². The molecule has 18 heavy (non-hydrogen) atoms. The molecule has 1 aliphatic rings. The molecule has 1 aromatic rings. The maximum atomic E-state index is 4.88. The Bertz CT molecular complexity index is 408. The first kappa shape index (κ1) is 13.9. The summed E-state index contributed by atoms with van der Waals surface area (Å²) in [6, 6.07) is 10.6. The fourth-order valence-corrected chi connectivity index (χ4v) is 7.10. The van der Waals surface area contributed by atoms with E-state index in [1.807, 2.05) is 0 Å². The van der Waals surface area contributed by atoms with Crippen LogP contribution >= 0.6 is 11.2 Å². The smallest absolute Gasteiger partial charge is 0.109 e. The fraction of sp³-hybridized carbons (Fsp3) is 0.533. The van der Waals surface area contributed by atoms with Crippen molar-refractivity contribution in [2.24, 2.45) is 4.99 Å². The monoisotopic (exact) mass is 277 g/mol. The molecule has 98 valence electrons. The summed E-state index contributed by atoms with van der Waals surface area (Å²) < 4.78 is 0. The van der Waals surface area contributed by atoms with Crippen molar-refractivity contribution < 1.29 is 0 Å². The Balaban J connectivity index is 1.99. The van der Waals surface area contributed by atoms with Crippen molar-refractivity contribution in [3.63, 3.8) is 0 Å². The van der Waals surface area contributed by atoms with Crippen LogP contribution in [0.15, 0.2) is 35.3 Å². The highest BCUT2D eigenvalue weighted by atomic mass is 32.4. The molecule has 0 saturated heterocycles. The molecule has 3 heteroatoms. The zero-order chi connectivity index (χ0) is 13.0. The standard InChI is InChI=1S/C15H23NSSi/c1-18(2,3)17-15-11-7-10-14(15)16-12-13-8-5-4-6-9-13/h4-6,8-9,15H,7,10-12H2,1-3H3. The average molecular weight is 278 g/mol. The van der Waals surface area contributed by atoms with Gasteiger partial charge >= 0.3 is 0 Å². The topological polar surface area (TPSA) is 12.4 Å². The number of aliphatic imine (C=N–C) groups is 1. The first-order valence-electron chi connectivity index (χ1n) is 6.79. The molecular weight excluding hydrogens is 254 g/mol. The van der Waals surface area contributed by atoms with Crippen molar-refractivity contribution in [1.82, 2.24) is 0 Å². The molecule has 1 unspecified atom stereocenters. The van der Waals surface area contributed by atoms with Crippen LogP contribution in [0.25, 0.3) is 0 Å². The second kappa shape index (κ2) is 6.07. The minimum absolute atomic E-state index is 0.709. The first-order chi connectivity index (χ1) is 8.54. The Morgan fingerprint density at radius 2 is 1.94 bits per heavy atom. The minimum atomic E-state index is -1.04. The van der Waals surface area contributed by atoms with Crippen molar-refractivity contribution in [3.05, 3.63) is 35.9 Å². The third-order valence-electron chi connectivity index (χ3n) is 3.07. The van der Waals surface area contributed by atoms with E-state index in [2.05, 4.69) is 61.2 Å². The number of nitrogens with zero attached hydrogens (tertiary/aromatic N) is 1. The lowest BCUT2D eigenvalue weighted by molar-refractivity contribution is 0.895. The van der Waals surface area contributed by atoms with Crippen LogP contribution in [-0.2, 0) is 6.54 Å². The van der Waals surface area contributed by atoms with E-state index in [0.717, 1.165) is 6.54 Å². The van der Waals surface area contributed by atoms with Crippen LogP contribution in [0.3, 0.4) is 0 Å². The minimum Gasteiger partial charge on any atom is -0.288 e. The van der Waals surface area contributed by atoms with E-state index in [4.69, 9.17) is 4.99 Å². The summed E-state index contributed by atoms with van der Waals surface area (Å²) in [5, 5.41) is 0.709. The van der Waals surface area contributed by atoms with Crippen LogP contribution in [0.1, 0.15) is 24.8 Å². The van der Waals surface area contributed by atoms with Crippen LogP contribution in [0, 0.1) is 0 Å². The van der Waals surface area contributed by atoms with Gasteiger partial charge in [-0.15, -0.1) is 0 Å². The Morgan fingerprint density at radius 3 is 2.61 bits per heavy atom. The SMILES string of the molecule is C[Si](C)(C)SC1CCCC1=NCc1ccccc1. The van der Waals surface area contributed by atoms with E-state index in [1.165, 1.54) is 30.5 Å². The number of rotatable bonds is 4. The van der Waals surface area contributed by atoms with Crippen molar-refractivity contribution in [3.8, 4) is 0 Å². The Kier molecular flexibility index (Phi) is 4.68. The largest absolute Gasteiger partial charge is 0.288 e. The van der Waals surface area contributed by atoms with E-state index in [1.54, 1.807) is 0 Å². The third-order valence-corrected chi connectivity index (χ3v) is 7.55. The van der Waals surface area contributed by atoms with Crippen LogP contribution in [0.2, 0.25) is 19.6 Å². The van der Waals surface area contributed by atoms with Gasteiger partial charge in [0, 0.05) is 11.0 Å². The Morgan fingerprint density at radius 1 is 1.22 bits per heavy atom. The molecule has 0 heterocycles. The molecule has 0 radical (unpaired) electrons. The molecule has 0 spiro atoms. The van der Waals surface area contributed by atoms with Gasteiger partial charge in [0.15, 0.2) is 0 Å². The van der Waals surface area contributed by atoms with Gasteiger partial charge in [-0.25, -0.2) is 0 Å². The van der Waals surface area contributed by atoms with Gasteiger partial charge in [-0.2, -0.15) is 11.2 Å². The first-order valence-corrected chi connectivity index (χ1v) is 11.9. The summed E-state index contributed by atoms with van der Waals surface area (Å²) >= 11 is 2.22. The fourth-order valence-electron chi connectivity index (χ4n) is 2.31. The van der Waals surface area contributed by atoms with Gasteiger partial charge in [0.05, 0.1) is 6.54 Å². The van der Waals surface area contributed by atoms with Gasteiger partial charge in [0.2, 0.25) is 0 Å². The second-order valence-electron chi connectivity index (χ2n) is 5.90. The highest BCUT2D eigenvalue weighted by molar-refractivity contribution is 8.29. The lowest BCUT2D eigenvalue weighted by atomic mass is 10.2. The predicted molar refractivity (Wildman–Crippen MR) is 86.2 cm³/mol. The van der Waals surface area contributed by atoms with Crippen LogP contribution < -0.4 is 0 Å². The zero-order valence-electron chi connectivity index (χ0n) is 11.6. The Labute approximate surface area is 116 Å². The molecule has 0 aromatic heterocycles. The quantitative estimate of drug-likeness (QED) is 0.724. The molecule has 2 rings (SSSR count). The third kappa shape index (κ3) is 4.29.